The number of carbonyl (C=O) groups is 1. The molecule has 1 heterocycles. The number of aryl methyl sites for hydroxylation is 1. The van der Waals surface area contributed by atoms with Crippen LogP contribution in [-0.2, 0) is 4.79 Å². The van der Waals surface area contributed by atoms with Crippen molar-refractivity contribution in [3.63, 3.8) is 0 Å². The SMILES string of the molecule is CCCCC(Nc1nc(C)ns1)C(=O)O. The monoisotopic (exact) mass is 229 g/mol. The van der Waals surface area contributed by atoms with Crippen molar-refractivity contribution in [3.05, 3.63) is 5.82 Å². The molecule has 1 unspecified atom stereocenters. The number of hydrogen-bond donors (Lipinski definition) is 2. The number of carboxylic acids is 1. The van der Waals surface area contributed by atoms with Crippen LogP contribution in [0.15, 0.2) is 0 Å². The Hall–Kier alpha value is -1.17. The molecule has 0 amide bonds. The van der Waals surface area contributed by atoms with Gasteiger partial charge >= 0.3 is 5.97 Å². The van der Waals surface area contributed by atoms with Crippen molar-refractivity contribution in [3.8, 4) is 0 Å². The van der Waals surface area contributed by atoms with Gasteiger partial charge in [0.2, 0.25) is 5.13 Å². The Morgan fingerprint density at radius 2 is 2.40 bits per heavy atom. The van der Waals surface area contributed by atoms with Crippen LogP contribution in [0.1, 0.15) is 32.0 Å². The Bertz CT molecular complexity index is 327. The van der Waals surface area contributed by atoms with E-state index in [9.17, 15) is 4.79 Å². The van der Waals surface area contributed by atoms with Gasteiger partial charge in [-0.25, -0.2) is 9.78 Å². The fourth-order valence-electron chi connectivity index (χ4n) is 1.17. The minimum absolute atomic E-state index is 0.558. The molecule has 0 bridgehead atoms. The maximum atomic E-state index is 10.9. The highest BCUT2D eigenvalue weighted by Gasteiger charge is 2.17. The molecule has 0 aliphatic carbocycles. The van der Waals surface area contributed by atoms with Crippen LogP contribution in [0.4, 0.5) is 5.13 Å². The predicted octanol–water partition coefficient (Wildman–Crippen LogP) is 1.90. The molecule has 0 spiro atoms. The van der Waals surface area contributed by atoms with Crippen LogP contribution in [0, 0.1) is 6.92 Å². The van der Waals surface area contributed by atoms with Gasteiger partial charge in [0.05, 0.1) is 0 Å². The van der Waals surface area contributed by atoms with Gasteiger partial charge in [0.1, 0.15) is 11.9 Å². The standard InChI is InChI=1S/C9H15N3O2S/c1-3-4-5-7(8(13)14)11-9-10-6(2)12-15-9/h7H,3-5H2,1-2H3,(H,13,14)(H,10,11,12). The highest BCUT2D eigenvalue weighted by Crippen LogP contribution is 2.14. The minimum atomic E-state index is -0.837. The third-order valence-electron chi connectivity index (χ3n) is 1.97. The second-order valence-corrected chi connectivity index (χ2v) is 4.08. The van der Waals surface area contributed by atoms with Gasteiger partial charge in [0, 0.05) is 11.5 Å². The highest BCUT2D eigenvalue weighted by molar-refractivity contribution is 7.09. The molecule has 1 aromatic heterocycles. The normalized spacial score (nSPS) is 12.4. The third-order valence-corrected chi connectivity index (χ3v) is 2.71. The van der Waals surface area contributed by atoms with Crippen molar-refractivity contribution < 1.29 is 9.90 Å². The van der Waals surface area contributed by atoms with Gasteiger partial charge in [-0.1, -0.05) is 19.8 Å². The van der Waals surface area contributed by atoms with Crippen LogP contribution in [0.2, 0.25) is 0 Å². The molecule has 1 atom stereocenters. The van der Waals surface area contributed by atoms with Crippen molar-refractivity contribution in [2.24, 2.45) is 0 Å². The lowest BCUT2D eigenvalue weighted by Gasteiger charge is -2.12. The van der Waals surface area contributed by atoms with Crippen molar-refractivity contribution in [2.45, 2.75) is 39.2 Å². The number of aromatic nitrogens is 2. The molecule has 1 rings (SSSR count). The lowest BCUT2D eigenvalue weighted by Crippen LogP contribution is -2.29. The largest absolute Gasteiger partial charge is 0.480 e. The zero-order valence-electron chi connectivity index (χ0n) is 8.86. The van der Waals surface area contributed by atoms with Crippen molar-refractivity contribution >= 4 is 22.6 Å². The van der Waals surface area contributed by atoms with Gasteiger partial charge in [-0.05, 0) is 13.3 Å². The average molecular weight is 229 g/mol. The van der Waals surface area contributed by atoms with E-state index in [4.69, 9.17) is 5.11 Å². The smallest absolute Gasteiger partial charge is 0.326 e. The van der Waals surface area contributed by atoms with Crippen LogP contribution in [0.3, 0.4) is 0 Å². The molecule has 0 radical (unpaired) electrons. The lowest BCUT2D eigenvalue weighted by molar-refractivity contribution is -0.138. The molecule has 2 N–H and O–H groups in total. The number of nitrogens with zero attached hydrogens (tertiary/aromatic N) is 2. The first-order valence-corrected chi connectivity index (χ1v) is 5.70. The number of nitrogens with one attached hydrogen (secondary N) is 1. The summed E-state index contributed by atoms with van der Waals surface area (Å²) in [7, 11) is 0. The minimum Gasteiger partial charge on any atom is -0.480 e. The Morgan fingerprint density at radius 1 is 1.67 bits per heavy atom. The Kier molecular flexibility index (Phi) is 4.48. The summed E-state index contributed by atoms with van der Waals surface area (Å²) in [5, 5.41) is 12.4. The van der Waals surface area contributed by atoms with Gasteiger partial charge in [0.15, 0.2) is 0 Å². The molecule has 84 valence electrons. The maximum absolute atomic E-state index is 10.9. The first-order chi connectivity index (χ1) is 7.13. The zero-order chi connectivity index (χ0) is 11.3. The van der Waals surface area contributed by atoms with E-state index in [1.807, 2.05) is 6.92 Å². The first-order valence-electron chi connectivity index (χ1n) is 4.93. The number of hydrogen-bond acceptors (Lipinski definition) is 5. The Labute approximate surface area is 92.7 Å². The van der Waals surface area contributed by atoms with Gasteiger partial charge in [0.25, 0.3) is 0 Å². The van der Waals surface area contributed by atoms with Crippen molar-refractivity contribution in [1.82, 2.24) is 9.36 Å². The van der Waals surface area contributed by atoms with Crippen LogP contribution < -0.4 is 5.32 Å². The molecule has 0 aliphatic heterocycles. The van der Waals surface area contributed by atoms with E-state index >= 15 is 0 Å². The van der Waals surface area contributed by atoms with Crippen molar-refractivity contribution in [1.29, 1.82) is 0 Å². The molecule has 0 aromatic carbocycles. The quantitative estimate of drug-likeness (QED) is 0.779. The number of carboxylic acid groups (broad SMARTS) is 1. The summed E-state index contributed by atoms with van der Waals surface area (Å²) in [6, 6.07) is -0.558. The van der Waals surface area contributed by atoms with E-state index in [0.29, 0.717) is 17.4 Å². The van der Waals surface area contributed by atoms with Crippen LogP contribution in [0.25, 0.3) is 0 Å². The molecule has 0 fully saturated rings. The van der Waals surface area contributed by atoms with Gasteiger partial charge < -0.3 is 10.4 Å². The predicted molar refractivity (Wildman–Crippen MR) is 59.2 cm³/mol. The third kappa shape index (κ3) is 3.83. The summed E-state index contributed by atoms with van der Waals surface area (Å²) in [5.74, 6) is -0.168. The van der Waals surface area contributed by atoms with E-state index in [-0.39, 0.29) is 0 Å². The Balaban J connectivity index is 2.54. The Morgan fingerprint density at radius 3 is 2.87 bits per heavy atom. The van der Waals surface area contributed by atoms with E-state index in [1.165, 1.54) is 11.5 Å². The number of rotatable bonds is 6. The molecule has 6 heteroatoms. The zero-order valence-corrected chi connectivity index (χ0v) is 9.67. The van der Waals surface area contributed by atoms with Gasteiger partial charge in [-0.3, -0.25) is 0 Å². The summed E-state index contributed by atoms with van der Waals surface area (Å²) in [5.41, 5.74) is 0. The molecule has 0 saturated carbocycles. The number of anilines is 1. The molecule has 0 saturated heterocycles. The maximum Gasteiger partial charge on any atom is 0.326 e. The van der Waals surface area contributed by atoms with Crippen LogP contribution in [0.5, 0.6) is 0 Å². The van der Waals surface area contributed by atoms with Crippen LogP contribution >= 0.6 is 11.5 Å². The second kappa shape index (κ2) is 5.65. The molecule has 5 nitrogen and oxygen atoms in total. The average Bonchev–Trinajstić information content (AvgIpc) is 2.58. The summed E-state index contributed by atoms with van der Waals surface area (Å²) in [4.78, 5) is 15.0. The summed E-state index contributed by atoms with van der Waals surface area (Å²) in [6.07, 6.45) is 2.49. The van der Waals surface area contributed by atoms with E-state index in [2.05, 4.69) is 14.7 Å². The van der Waals surface area contributed by atoms with Crippen LogP contribution in [-0.4, -0.2) is 26.5 Å². The molecule has 0 aliphatic rings. The van der Waals surface area contributed by atoms with Crippen molar-refractivity contribution in [2.75, 3.05) is 5.32 Å². The molecular formula is C9H15N3O2S. The molecule has 15 heavy (non-hydrogen) atoms. The van der Waals surface area contributed by atoms with Gasteiger partial charge in [-0.2, -0.15) is 4.37 Å². The summed E-state index contributed by atoms with van der Waals surface area (Å²) >= 11 is 1.19. The highest BCUT2D eigenvalue weighted by atomic mass is 32.1. The number of aliphatic carboxylic acids is 1. The van der Waals surface area contributed by atoms with E-state index < -0.39 is 12.0 Å². The summed E-state index contributed by atoms with van der Waals surface area (Å²) in [6.45, 7) is 3.82. The first kappa shape index (κ1) is 11.9. The fourth-order valence-corrected chi connectivity index (χ4v) is 1.80. The summed E-state index contributed by atoms with van der Waals surface area (Å²) < 4.78 is 3.98. The fraction of sp³-hybridized carbons (Fsp3) is 0.667. The van der Waals surface area contributed by atoms with E-state index in [0.717, 1.165) is 12.8 Å². The number of unbranched alkanes of at least 4 members (excludes halogenated alkanes) is 1. The second-order valence-electron chi connectivity index (χ2n) is 3.32. The van der Waals surface area contributed by atoms with Gasteiger partial charge in [-0.15, -0.1) is 0 Å². The topological polar surface area (TPSA) is 75.1 Å². The molecule has 1 aromatic rings. The van der Waals surface area contributed by atoms with E-state index in [1.54, 1.807) is 6.92 Å². The molecular weight excluding hydrogens is 214 g/mol. The lowest BCUT2D eigenvalue weighted by atomic mass is 10.1.